The van der Waals surface area contributed by atoms with E-state index in [0.717, 1.165) is 15.8 Å². The quantitative estimate of drug-likeness (QED) is 0.665. The van der Waals surface area contributed by atoms with Gasteiger partial charge < -0.3 is 10.2 Å². The second-order valence-corrected chi connectivity index (χ2v) is 8.43. The fraction of sp³-hybridized carbons (Fsp3) is 0.476. The van der Waals surface area contributed by atoms with Gasteiger partial charge >= 0.3 is 0 Å². The van der Waals surface area contributed by atoms with Crippen molar-refractivity contribution >= 4 is 28.0 Å². The van der Waals surface area contributed by atoms with Crippen LogP contribution in [-0.4, -0.2) is 62.3 Å². The third kappa shape index (κ3) is 4.62. The highest BCUT2D eigenvalue weighted by Crippen LogP contribution is 2.25. The fourth-order valence-corrected chi connectivity index (χ4v) is 4.16. The van der Waals surface area contributed by atoms with Crippen molar-refractivity contribution in [1.82, 2.24) is 30.4 Å². The second kappa shape index (κ2) is 8.69. The SMILES string of the molecule is [2H]C([2H])([2H])C(N[C@H]1CCN(C(=O)Cc2cc3cc(-c4nnc(C)s4)ncc3cn2)C[C@@H]1F)C([2H])([2H])[2H]. The van der Waals surface area contributed by atoms with E-state index in [1.54, 1.807) is 18.5 Å². The lowest BCUT2D eigenvalue weighted by molar-refractivity contribution is -0.133. The molecule has 4 rings (SSSR count). The van der Waals surface area contributed by atoms with E-state index in [9.17, 15) is 9.18 Å². The van der Waals surface area contributed by atoms with E-state index in [1.807, 2.05) is 13.0 Å². The number of amides is 1. The van der Waals surface area contributed by atoms with Crippen molar-refractivity contribution in [3.05, 3.63) is 35.2 Å². The summed E-state index contributed by atoms with van der Waals surface area (Å²) < 4.78 is 59.8. The number of carbonyl (C=O) groups excluding carboxylic acids is 1. The number of nitrogens with zero attached hydrogens (tertiary/aromatic N) is 5. The normalized spacial score (nSPS) is 23.4. The zero-order valence-electron chi connectivity index (χ0n) is 22.3. The summed E-state index contributed by atoms with van der Waals surface area (Å²) in [5.74, 6) is -0.319. The molecule has 1 fully saturated rings. The molecule has 9 heteroatoms. The molecule has 1 aliphatic rings. The lowest BCUT2D eigenvalue weighted by Crippen LogP contribution is -2.54. The molecule has 158 valence electrons. The van der Waals surface area contributed by atoms with Crippen LogP contribution in [-0.2, 0) is 11.2 Å². The van der Waals surface area contributed by atoms with Crippen LogP contribution >= 0.6 is 11.3 Å². The summed E-state index contributed by atoms with van der Waals surface area (Å²) in [6.45, 7) is -3.86. The van der Waals surface area contributed by atoms with E-state index in [1.165, 1.54) is 16.2 Å². The fourth-order valence-electron chi connectivity index (χ4n) is 3.50. The predicted molar refractivity (Wildman–Crippen MR) is 115 cm³/mol. The molecule has 30 heavy (non-hydrogen) atoms. The van der Waals surface area contributed by atoms with Gasteiger partial charge in [-0.1, -0.05) is 25.0 Å². The lowest BCUT2D eigenvalue weighted by atomic mass is 10.0. The molecule has 0 aliphatic carbocycles. The number of halogens is 1. The van der Waals surface area contributed by atoms with Crippen molar-refractivity contribution < 1.29 is 17.4 Å². The summed E-state index contributed by atoms with van der Waals surface area (Å²) in [7, 11) is 0. The number of piperidine rings is 1. The molecule has 3 aromatic rings. The van der Waals surface area contributed by atoms with Gasteiger partial charge in [-0.05, 0) is 30.9 Å². The average molecular weight is 435 g/mol. The Balaban J connectivity index is 1.41. The lowest BCUT2D eigenvalue weighted by Gasteiger charge is -2.36. The molecule has 2 atom stereocenters. The summed E-state index contributed by atoms with van der Waals surface area (Å²) in [4.78, 5) is 23.0. The Bertz CT molecular complexity index is 1240. The number of rotatable bonds is 5. The predicted octanol–water partition coefficient (Wildman–Crippen LogP) is 2.94. The van der Waals surface area contributed by atoms with E-state index >= 15 is 0 Å². The number of nitrogens with one attached hydrogen (secondary N) is 1. The van der Waals surface area contributed by atoms with E-state index in [2.05, 4.69) is 25.5 Å². The zero-order chi connectivity index (χ0) is 26.3. The first-order chi connectivity index (χ1) is 16.8. The van der Waals surface area contributed by atoms with Crippen LogP contribution in [0.15, 0.2) is 24.5 Å². The van der Waals surface area contributed by atoms with Gasteiger partial charge in [0.05, 0.1) is 18.7 Å². The molecule has 0 radical (unpaired) electrons. The molecule has 0 unspecified atom stereocenters. The summed E-state index contributed by atoms with van der Waals surface area (Å²) in [6, 6.07) is 0.811. The molecule has 1 aliphatic heterocycles. The summed E-state index contributed by atoms with van der Waals surface area (Å²) in [5.41, 5.74) is 1.18. The van der Waals surface area contributed by atoms with E-state index in [-0.39, 0.29) is 31.8 Å². The summed E-state index contributed by atoms with van der Waals surface area (Å²) in [6.07, 6.45) is 1.75. The Morgan fingerprint density at radius 3 is 2.90 bits per heavy atom. The first-order valence-corrected chi connectivity index (χ1v) is 10.4. The maximum absolute atomic E-state index is 14.9. The smallest absolute Gasteiger partial charge is 0.228 e. The van der Waals surface area contributed by atoms with Gasteiger partial charge in [0.1, 0.15) is 16.9 Å². The monoisotopic (exact) mass is 434 g/mol. The Morgan fingerprint density at radius 1 is 1.33 bits per heavy atom. The van der Waals surface area contributed by atoms with Gasteiger partial charge in [0.25, 0.3) is 0 Å². The Morgan fingerprint density at radius 2 is 2.17 bits per heavy atom. The first kappa shape index (κ1) is 14.5. The number of likely N-dealkylation sites (tertiary alicyclic amines) is 1. The molecule has 0 spiro atoms. The highest BCUT2D eigenvalue weighted by molar-refractivity contribution is 7.14. The Labute approximate surface area is 187 Å². The van der Waals surface area contributed by atoms with Gasteiger partial charge in [0, 0.05) is 44.6 Å². The molecule has 3 aromatic heterocycles. The largest absolute Gasteiger partial charge is 0.339 e. The highest BCUT2D eigenvalue weighted by Gasteiger charge is 2.31. The molecule has 1 saturated heterocycles. The van der Waals surface area contributed by atoms with Gasteiger partial charge in [-0.15, -0.1) is 10.2 Å². The van der Waals surface area contributed by atoms with Crippen LogP contribution in [0.4, 0.5) is 4.39 Å². The van der Waals surface area contributed by atoms with Crippen molar-refractivity contribution in [2.75, 3.05) is 13.1 Å². The number of fused-ring (bicyclic) bond motifs is 1. The summed E-state index contributed by atoms with van der Waals surface area (Å²) in [5, 5.41) is 13.7. The van der Waals surface area contributed by atoms with Crippen molar-refractivity contribution in [2.45, 2.75) is 51.7 Å². The van der Waals surface area contributed by atoms with Crippen LogP contribution in [0, 0.1) is 6.92 Å². The molecule has 1 N–H and O–H groups in total. The van der Waals surface area contributed by atoms with Crippen molar-refractivity contribution in [3.8, 4) is 10.7 Å². The van der Waals surface area contributed by atoms with Gasteiger partial charge in [-0.3, -0.25) is 14.8 Å². The van der Waals surface area contributed by atoms with Crippen molar-refractivity contribution in [2.24, 2.45) is 0 Å². The number of aryl methyl sites for hydroxylation is 1. The van der Waals surface area contributed by atoms with Crippen LogP contribution in [0.1, 0.15) is 39.1 Å². The number of alkyl halides is 1. The number of hydrogen-bond acceptors (Lipinski definition) is 7. The minimum Gasteiger partial charge on any atom is -0.339 e. The van der Waals surface area contributed by atoms with Gasteiger partial charge in [-0.2, -0.15) is 0 Å². The van der Waals surface area contributed by atoms with Gasteiger partial charge in [0.2, 0.25) is 5.91 Å². The minimum atomic E-state index is -2.82. The minimum absolute atomic E-state index is 0.0382. The van der Waals surface area contributed by atoms with Gasteiger partial charge in [-0.25, -0.2) is 4.39 Å². The summed E-state index contributed by atoms with van der Waals surface area (Å²) >= 11 is 1.43. The van der Waals surface area contributed by atoms with E-state index in [4.69, 9.17) is 8.22 Å². The number of aromatic nitrogens is 4. The Kier molecular flexibility index (Phi) is 4.19. The number of carbonyl (C=O) groups is 1. The maximum atomic E-state index is 14.9. The Hall–Kier alpha value is -2.52. The molecule has 1 amide bonds. The number of hydrogen-bond donors (Lipinski definition) is 1. The van der Waals surface area contributed by atoms with Gasteiger partial charge in [0.15, 0.2) is 5.01 Å². The van der Waals surface area contributed by atoms with Crippen LogP contribution in [0.2, 0.25) is 0 Å². The topological polar surface area (TPSA) is 83.9 Å². The molecule has 0 aromatic carbocycles. The van der Waals surface area contributed by atoms with Crippen LogP contribution in [0.5, 0.6) is 0 Å². The highest BCUT2D eigenvalue weighted by atomic mass is 32.1. The van der Waals surface area contributed by atoms with Crippen LogP contribution < -0.4 is 5.32 Å². The maximum Gasteiger partial charge on any atom is 0.228 e. The average Bonchev–Trinajstić information content (AvgIpc) is 3.22. The molecular formula is C21H25FN6OS. The van der Waals surface area contributed by atoms with E-state index in [0.29, 0.717) is 16.4 Å². The molecule has 7 nitrogen and oxygen atoms in total. The van der Waals surface area contributed by atoms with Crippen LogP contribution in [0.3, 0.4) is 0 Å². The zero-order valence-corrected chi connectivity index (χ0v) is 17.1. The molecular weight excluding hydrogens is 403 g/mol. The number of pyridine rings is 2. The second-order valence-electron chi connectivity index (χ2n) is 7.25. The third-order valence-corrected chi connectivity index (χ3v) is 5.87. The molecule has 0 bridgehead atoms. The molecule has 0 saturated carbocycles. The molecule has 4 heterocycles. The van der Waals surface area contributed by atoms with Crippen LogP contribution in [0.25, 0.3) is 21.5 Å². The van der Waals surface area contributed by atoms with E-state index < -0.39 is 32.0 Å². The standard InChI is InChI=1S/C21H25FN6OS/c1-12(2)25-18-4-5-28(11-17(18)22)20(29)8-16-6-14-7-19(21-27-26-13(3)30-21)24-10-15(14)9-23-16/h6-7,9-10,12,17-18,25H,4-5,8,11H2,1-3H3/t17-,18-/m0/s1/i1D3,2D3. The first-order valence-electron chi connectivity index (χ1n) is 12.5. The van der Waals surface area contributed by atoms with Crippen molar-refractivity contribution in [1.29, 1.82) is 0 Å². The third-order valence-electron chi connectivity index (χ3n) is 5.01. The van der Waals surface area contributed by atoms with Crippen molar-refractivity contribution in [3.63, 3.8) is 0 Å².